The summed E-state index contributed by atoms with van der Waals surface area (Å²) in [6, 6.07) is 9.42. The Morgan fingerprint density at radius 3 is 2.58 bits per heavy atom. The first kappa shape index (κ1) is 16.9. The quantitative estimate of drug-likeness (QED) is 0.906. The van der Waals surface area contributed by atoms with Crippen molar-refractivity contribution in [2.24, 2.45) is 0 Å². The third-order valence-corrected chi connectivity index (χ3v) is 4.81. The minimum Gasteiger partial charge on any atom is -0.364 e. The van der Waals surface area contributed by atoms with Crippen LogP contribution in [0, 0.1) is 0 Å². The first-order valence-electron chi connectivity index (χ1n) is 8.91. The second-order valence-electron chi connectivity index (χ2n) is 6.51. The van der Waals surface area contributed by atoms with Gasteiger partial charge in [0.05, 0.1) is 31.0 Å². The molecule has 0 saturated carbocycles. The van der Waals surface area contributed by atoms with Crippen LogP contribution >= 0.6 is 0 Å². The molecule has 1 spiro atoms. The van der Waals surface area contributed by atoms with Gasteiger partial charge in [0.15, 0.2) is 5.79 Å². The fourth-order valence-corrected chi connectivity index (χ4v) is 3.33. The average molecular weight is 354 g/mol. The molecule has 1 N–H and O–H groups in total. The number of amides is 1. The topological polar surface area (TPSA) is 76.6 Å². The van der Waals surface area contributed by atoms with Crippen molar-refractivity contribution < 1.29 is 14.3 Å². The molecule has 7 heteroatoms. The molecule has 4 rings (SSSR count). The van der Waals surface area contributed by atoms with Gasteiger partial charge >= 0.3 is 0 Å². The number of aromatic nitrogens is 2. The molecule has 2 aliphatic heterocycles. The number of likely N-dealkylation sites (tertiary alicyclic amines) is 1. The van der Waals surface area contributed by atoms with E-state index in [9.17, 15) is 4.79 Å². The number of hydrogen-bond acceptors (Lipinski definition) is 6. The zero-order valence-corrected chi connectivity index (χ0v) is 14.6. The highest BCUT2D eigenvalue weighted by Gasteiger charge is 2.40. The minimum atomic E-state index is -0.464. The van der Waals surface area contributed by atoms with E-state index in [2.05, 4.69) is 15.3 Å². The summed E-state index contributed by atoms with van der Waals surface area (Å²) in [5.74, 6) is 0.257. The maximum atomic E-state index is 12.7. The van der Waals surface area contributed by atoms with Gasteiger partial charge < -0.3 is 19.7 Å². The number of piperidine rings is 1. The standard InChI is InChI=1S/C19H22N4O3/c24-18(23-9-6-19(7-10-23)25-11-12-26-19)15-4-5-17(21-13-15)22-14-16-3-1-2-8-20-16/h1-5,8,13H,6-7,9-12,14H2,(H,21,22). The Labute approximate surface area is 152 Å². The van der Waals surface area contributed by atoms with E-state index in [1.165, 1.54) is 0 Å². The summed E-state index contributed by atoms with van der Waals surface area (Å²) in [6.07, 6.45) is 4.82. The van der Waals surface area contributed by atoms with Crippen LogP contribution < -0.4 is 5.32 Å². The second kappa shape index (κ2) is 7.39. The average Bonchev–Trinajstić information content (AvgIpc) is 3.16. The lowest BCUT2D eigenvalue weighted by atomic mass is 10.0. The van der Waals surface area contributed by atoms with Crippen molar-refractivity contribution >= 4 is 11.7 Å². The predicted molar refractivity (Wildman–Crippen MR) is 95.6 cm³/mol. The molecule has 0 aromatic carbocycles. The van der Waals surface area contributed by atoms with Crippen LogP contribution in [0.5, 0.6) is 0 Å². The Morgan fingerprint density at radius 2 is 1.92 bits per heavy atom. The smallest absolute Gasteiger partial charge is 0.255 e. The number of pyridine rings is 2. The van der Waals surface area contributed by atoms with Crippen molar-refractivity contribution in [2.45, 2.75) is 25.2 Å². The van der Waals surface area contributed by atoms with E-state index in [1.54, 1.807) is 12.4 Å². The second-order valence-corrected chi connectivity index (χ2v) is 6.51. The Morgan fingerprint density at radius 1 is 1.12 bits per heavy atom. The zero-order valence-electron chi connectivity index (χ0n) is 14.6. The highest BCUT2D eigenvalue weighted by atomic mass is 16.7. The first-order valence-corrected chi connectivity index (χ1v) is 8.91. The van der Waals surface area contributed by atoms with Gasteiger partial charge in [-0.15, -0.1) is 0 Å². The predicted octanol–water partition coefficient (Wildman–Crippen LogP) is 2.07. The van der Waals surface area contributed by atoms with Gasteiger partial charge in [0.25, 0.3) is 5.91 Å². The van der Waals surface area contributed by atoms with E-state index in [0.717, 1.165) is 24.4 Å². The largest absolute Gasteiger partial charge is 0.364 e. The third-order valence-electron chi connectivity index (χ3n) is 4.81. The molecule has 0 bridgehead atoms. The summed E-state index contributed by atoms with van der Waals surface area (Å²) in [4.78, 5) is 23.1. The number of nitrogens with zero attached hydrogens (tertiary/aromatic N) is 3. The maximum absolute atomic E-state index is 12.7. The van der Waals surface area contributed by atoms with Crippen LogP contribution in [-0.4, -0.2) is 52.9 Å². The molecule has 2 aromatic rings. The van der Waals surface area contributed by atoms with Gasteiger partial charge in [-0.1, -0.05) is 6.07 Å². The number of hydrogen-bond donors (Lipinski definition) is 1. The first-order chi connectivity index (χ1) is 12.7. The van der Waals surface area contributed by atoms with E-state index in [1.807, 2.05) is 35.2 Å². The zero-order chi connectivity index (χ0) is 17.8. The number of rotatable bonds is 4. The van der Waals surface area contributed by atoms with Crippen LogP contribution in [0.3, 0.4) is 0 Å². The molecule has 7 nitrogen and oxygen atoms in total. The van der Waals surface area contributed by atoms with Gasteiger partial charge in [-0.2, -0.15) is 0 Å². The van der Waals surface area contributed by atoms with E-state index in [-0.39, 0.29) is 5.91 Å². The molecule has 0 unspecified atom stereocenters. The lowest BCUT2D eigenvalue weighted by Gasteiger charge is -2.37. The fraction of sp³-hybridized carbons (Fsp3) is 0.421. The monoisotopic (exact) mass is 354 g/mol. The summed E-state index contributed by atoms with van der Waals surface area (Å²) < 4.78 is 11.4. The molecule has 26 heavy (non-hydrogen) atoms. The van der Waals surface area contributed by atoms with Crippen molar-refractivity contribution in [3.05, 3.63) is 54.0 Å². The van der Waals surface area contributed by atoms with E-state index in [4.69, 9.17) is 9.47 Å². The number of nitrogens with one attached hydrogen (secondary N) is 1. The van der Waals surface area contributed by atoms with Crippen LogP contribution in [-0.2, 0) is 16.0 Å². The molecule has 2 aliphatic rings. The van der Waals surface area contributed by atoms with Crippen molar-refractivity contribution in [3.63, 3.8) is 0 Å². The molecular formula is C19H22N4O3. The molecule has 0 aliphatic carbocycles. The Hall–Kier alpha value is -2.51. The number of anilines is 1. The maximum Gasteiger partial charge on any atom is 0.255 e. The summed E-state index contributed by atoms with van der Waals surface area (Å²) in [5.41, 5.74) is 1.53. The van der Waals surface area contributed by atoms with Crippen molar-refractivity contribution in [2.75, 3.05) is 31.6 Å². The number of carbonyl (C=O) groups is 1. The normalized spacial score (nSPS) is 18.8. The third kappa shape index (κ3) is 3.68. The molecular weight excluding hydrogens is 332 g/mol. The van der Waals surface area contributed by atoms with Gasteiger partial charge in [-0.3, -0.25) is 9.78 Å². The Kier molecular flexibility index (Phi) is 4.81. The van der Waals surface area contributed by atoms with Gasteiger partial charge in [-0.05, 0) is 24.3 Å². The molecule has 2 fully saturated rings. The number of carbonyl (C=O) groups excluding carboxylic acids is 1. The molecule has 0 radical (unpaired) electrons. The molecule has 0 atom stereocenters. The van der Waals surface area contributed by atoms with Crippen LogP contribution in [0.15, 0.2) is 42.7 Å². The van der Waals surface area contributed by atoms with E-state index >= 15 is 0 Å². The fourth-order valence-electron chi connectivity index (χ4n) is 3.33. The van der Waals surface area contributed by atoms with Crippen LogP contribution in [0.2, 0.25) is 0 Å². The van der Waals surface area contributed by atoms with Crippen molar-refractivity contribution in [1.82, 2.24) is 14.9 Å². The van der Waals surface area contributed by atoms with Gasteiger partial charge in [0.2, 0.25) is 0 Å². The molecule has 136 valence electrons. The van der Waals surface area contributed by atoms with Crippen LogP contribution in [0.4, 0.5) is 5.82 Å². The molecule has 1 amide bonds. The van der Waals surface area contributed by atoms with Gasteiger partial charge in [-0.25, -0.2) is 4.98 Å². The van der Waals surface area contributed by atoms with E-state index in [0.29, 0.717) is 38.4 Å². The molecule has 2 saturated heterocycles. The molecule has 4 heterocycles. The van der Waals surface area contributed by atoms with Crippen molar-refractivity contribution in [1.29, 1.82) is 0 Å². The van der Waals surface area contributed by atoms with E-state index < -0.39 is 5.79 Å². The Balaban J connectivity index is 1.32. The Bertz CT molecular complexity index is 735. The lowest BCUT2D eigenvalue weighted by molar-refractivity contribution is -0.181. The number of ether oxygens (including phenoxy) is 2. The summed E-state index contributed by atoms with van der Waals surface area (Å²) in [5, 5.41) is 3.21. The molecule has 2 aromatic heterocycles. The van der Waals surface area contributed by atoms with Crippen LogP contribution in [0.25, 0.3) is 0 Å². The van der Waals surface area contributed by atoms with Crippen LogP contribution in [0.1, 0.15) is 28.9 Å². The highest BCUT2D eigenvalue weighted by molar-refractivity contribution is 5.94. The lowest BCUT2D eigenvalue weighted by Crippen LogP contribution is -2.47. The van der Waals surface area contributed by atoms with Crippen molar-refractivity contribution in [3.8, 4) is 0 Å². The van der Waals surface area contributed by atoms with Gasteiger partial charge in [0, 0.05) is 38.3 Å². The summed E-state index contributed by atoms with van der Waals surface area (Å²) >= 11 is 0. The minimum absolute atomic E-state index is 0.00150. The summed E-state index contributed by atoms with van der Waals surface area (Å²) in [6.45, 7) is 3.15. The highest BCUT2D eigenvalue weighted by Crippen LogP contribution is 2.31. The summed E-state index contributed by atoms with van der Waals surface area (Å²) in [7, 11) is 0. The van der Waals surface area contributed by atoms with Gasteiger partial charge in [0.1, 0.15) is 5.82 Å². The SMILES string of the molecule is O=C(c1ccc(NCc2ccccn2)nc1)N1CCC2(CC1)OCCO2.